The maximum atomic E-state index is 11.5. The second-order valence-corrected chi connectivity index (χ2v) is 5.20. The molecule has 0 radical (unpaired) electrons. The zero-order valence-corrected chi connectivity index (χ0v) is 11.1. The van der Waals surface area contributed by atoms with Crippen LogP contribution < -0.4 is 10.6 Å². The molecule has 1 aromatic carbocycles. The van der Waals surface area contributed by atoms with E-state index < -0.39 is 17.4 Å². The molecule has 1 aromatic rings. The molecule has 0 bridgehead atoms. The zero-order chi connectivity index (χ0) is 14.2. The Balaban J connectivity index is 2.40. The van der Waals surface area contributed by atoms with E-state index in [9.17, 15) is 14.7 Å². The number of carboxylic acids is 1. The quantitative estimate of drug-likeness (QED) is 0.865. The molecular formula is C14H18N2O3. The first-order chi connectivity index (χ1) is 8.86. The first kappa shape index (κ1) is 13.4. The topological polar surface area (TPSA) is 83.6 Å². The van der Waals surface area contributed by atoms with Gasteiger partial charge in [0.15, 0.2) is 0 Å². The van der Waals surface area contributed by atoms with Crippen LogP contribution in [0, 0.1) is 6.92 Å². The number of carboxylic acid groups (broad SMARTS) is 1. The number of hydrogen-bond acceptors (Lipinski definition) is 3. The zero-order valence-electron chi connectivity index (χ0n) is 11.1. The summed E-state index contributed by atoms with van der Waals surface area (Å²) in [6.45, 7) is 4.25. The molecular weight excluding hydrogens is 244 g/mol. The third-order valence-electron chi connectivity index (χ3n) is 3.89. The van der Waals surface area contributed by atoms with Gasteiger partial charge in [-0.05, 0) is 50.5 Å². The van der Waals surface area contributed by atoms with Crippen LogP contribution in [0.15, 0.2) is 18.2 Å². The number of aryl methyl sites for hydroxylation is 1. The molecule has 0 aliphatic carbocycles. The molecule has 1 fully saturated rings. The number of carbonyl (C=O) groups is 2. The van der Waals surface area contributed by atoms with Crippen LogP contribution in [0.2, 0.25) is 0 Å². The van der Waals surface area contributed by atoms with Gasteiger partial charge in [-0.25, -0.2) is 4.79 Å². The van der Waals surface area contributed by atoms with Gasteiger partial charge in [0.1, 0.15) is 5.54 Å². The highest BCUT2D eigenvalue weighted by Gasteiger charge is 2.43. The molecule has 19 heavy (non-hydrogen) atoms. The number of aliphatic carboxylic acids is 1. The van der Waals surface area contributed by atoms with E-state index in [2.05, 4.69) is 0 Å². The van der Waals surface area contributed by atoms with Crippen molar-refractivity contribution < 1.29 is 14.7 Å². The summed E-state index contributed by atoms with van der Waals surface area (Å²) in [5.74, 6) is -1.28. The number of benzene rings is 1. The number of hydrogen-bond donors (Lipinski definition) is 2. The van der Waals surface area contributed by atoms with Crippen molar-refractivity contribution in [2.45, 2.75) is 32.2 Å². The molecule has 5 heteroatoms. The molecule has 1 amide bonds. The van der Waals surface area contributed by atoms with Gasteiger partial charge >= 0.3 is 5.97 Å². The lowest BCUT2D eigenvalue weighted by molar-refractivity contribution is -0.142. The summed E-state index contributed by atoms with van der Waals surface area (Å²) in [5.41, 5.74) is 6.46. The van der Waals surface area contributed by atoms with Crippen molar-refractivity contribution in [3.05, 3.63) is 29.3 Å². The highest BCUT2D eigenvalue weighted by Crippen LogP contribution is 2.35. The van der Waals surface area contributed by atoms with E-state index in [0.29, 0.717) is 18.5 Å². The van der Waals surface area contributed by atoms with Gasteiger partial charge in [-0.2, -0.15) is 0 Å². The first-order valence-corrected chi connectivity index (χ1v) is 6.28. The van der Waals surface area contributed by atoms with Crippen LogP contribution in [0.25, 0.3) is 0 Å². The summed E-state index contributed by atoms with van der Waals surface area (Å²) in [6.07, 6.45) is 1.47. The van der Waals surface area contributed by atoms with Crippen molar-refractivity contribution in [2.24, 2.45) is 5.73 Å². The van der Waals surface area contributed by atoms with Crippen molar-refractivity contribution in [3.8, 4) is 0 Å². The van der Waals surface area contributed by atoms with Crippen LogP contribution in [0.1, 0.15) is 35.7 Å². The largest absolute Gasteiger partial charge is 0.480 e. The minimum atomic E-state index is -0.874. The molecule has 1 unspecified atom stereocenters. The number of nitrogens with two attached hydrogens (primary N) is 1. The lowest BCUT2D eigenvalue weighted by Crippen LogP contribution is -2.48. The van der Waals surface area contributed by atoms with Crippen molar-refractivity contribution in [1.29, 1.82) is 0 Å². The monoisotopic (exact) mass is 262 g/mol. The third-order valence-corrected chi connectivity index (χ3v) is 3.89. The Morgan fingerprint density at radius 3 is 2.63 bits per heavy atom. The fourth-order valence-corrected chi connectivity index (χ4v) is 2.69. The molecule has 1 aliphatic rings. The number of anilines is 1. The fraction of sp³-hybridized carbons (Fsp3) is 0.429. The number of carbonyl (C=O) groups excluding carboxylic acids is 1. The number of rotatable bonds is 3. The van der Waals surface area contributed by atoms with Crippen molar-refractivity contribution in [1.82, 2.24) is 0 Å². The van der Waals surface area contributed by atoms with Gasteiger partial charge in [0.2, 0.25) is 5.91 Å². The first-order valence-electron chi connectivity index (χ1n) is 6.28. The fourth-order valence-electron chi connectivity index (χ4n) is 2.69. The normalized spacial score (nSPS) is 22.5. The SMILES string of the molecule is Cc1cc(N2CCCC2(C)C(=O)O)ccc1C(N)=O. The molecule has 1 atom stereocenters. The van der Waals surface area contributed by atoms with Crippen LogP contribution in [-0.4, -0.2) is 29.1 Å². The second kappa shape index (κ2) is 4.57. The minimum Gasteiger partial charge on any atom is -0.480 e. The Labute approximate surface area is 112 Å². The van der Waals surface area contributed by atoms with Gasteiger partial charge in [-0.3, -0.25) is 4.79 Å². The van der Waals surface area contributed by atoms with Gasteiger partial charge in [0.25, 0.3) is 0 Å². The van der Waals surface area contributed by atoms with E-state index in [0.717, 1.165) is 17.7 Å². The molecule has 1 saturated heterocycles. The number of nitrogens with zero attached hydrogens (tertiary/aromatic N) is 1. The van der Waals surface area contributed by atoms with Crippen LogP contribution >= 0.6 is 0 Å². The lowest BCUT2D eigenvalue weighted by Gasteiger charge is -2.33. The Hall–Kier alpha value is -2.04. The summed E-state index contributed by atoms with van der Waals surface area (Å²) in [7, 11) is 0. The minimum absolute atomic E-state index is 0.466. The lowest BCUT2D eigenvalue weighted by atomic mass is 9.98. The maximum absolute atomic E-state index is 11.5. The van der Waals surface area contributed by atoms with E-state index in [-0.39, 0.29) is 0 Å². The Morgan fingerprint density at radius 1 is 1.42 bits per heavy atom. The molecule has 3 N–H and O–H groups in total. The molecule has 1 aliphatic heterocycles. The van der Waals surface area contributed by atoms with Gasteiger partial charge in [0, 0.05) is 17.8 Å². The number of amides is 1. The standard InChI is InChI=1S/C14H18N2O3/c1-9-8-10(4-5-11(9)12(15)17)16-7-3-6-14(16,2)13(18)19/h4-5,8H,3,6-7H2,1-2H3,(H2,15,17)(H,18,19). The highest BCUT2D eigenvalue weighted by molar-refractivity contribution is 5.95. The summed E-state index contributed by atoms with van der Waals surface area (Å²) in [6, 6.07) is 5.25. The summed E-state index contributed by atoms with van der Waals surface area (Å²) in [5, 5.41) is 9.40. The highest BCUT2D eigenvalue weighted by atomic mass is 16.4. The van der Waals surface area contributed by atoms with Gasteiger partial charge in [0.05, 0.1) is 0 Å². The van der Waals surface area contributed by atoms with Crippen LogP contribution in [0.4, 0.5) is 5.69 Å². The molecule has 102 valence electrons. The van der Waals surface area contributed by atoms with Crippen LogP contribution in [0.5, 0.6) is 0 Å². The van der Waals surface area contributed by atoms with Gasteiger partial charge in [-0.15, -0.1) is 0 Å². The Morgan fingerprint density at radius 2 is 2.11 bits per heavy atom. The van der Waals surface area contributed by atoms with E-state index in [1.54, 1.807) is 26.0 Å². The average Bonchev–Trinajstić information content (AvgIpc) is 2.72. The van der Waals surface area contributed by atoms with Crippen LogP contribution in [0.3, 0.4) is 0 Å². The molecule has 2 rings (SSSR count). The third kappa shape index (κ3) is 2.16. The van der Waals surface area contributed by atoms with E-state index in [1.165, 1.54) is 0 Å². The van der Waals surface area contributed by atoms with Crippen molar-refractivity contribution >= 4 is 17.6 Å². The molecule has 0 aromatic heterocycles. The maximum Gasteiger partial charge on any atom is 0.329 e. The van der Waals surface area contributed by atoms with E-state index in [4.69, 9.17) is 5.73 Å². The predicted molar refractivity (Wildman–Crippen MR) is 72.3 cm³/mol. The molecule has 0 spiro atoms. The summed E-state index contributed by atoms with van der Waals surface area (Å²) < 4.78 is 0. The number of primary amides is 1. The molecule has 5 nitrogen and oxygen atoms in total. The second-order valence-electron chi connectivity index (χ2n) is 5.20. The van der Waals surface area contributed by atoms with Gasteiger partial charge < -0.3 is 15.7 Å². The summed E-state index contributed by atoms with van der Waals surface area (Å²) >= 11 is 0. The Kier molecular flexibility index (Phi) is 3.22. The summed E-state index contributed by atoms with van der Waals surface area (Å²) in [4.78, 5) is 24.5. The predicted octanol–water partition coefficient (Wildman–Crippen LogP) is 1.54. The van der Waals surface area contributed by atoms with Crippen molar-refractivity contribution in [2.75, 3.05) is 11.4 Å². The van der Waals surface area contributed by atoms with Gasteiger partial charge in [-0.1, -0.05) is 0 Å². The molecule has 1 heterocycles. The molecule has 0 saturated carbocycles. The smallest absolute Gasteiger partial charge is 0.329 e. The average molecular weight is 262 g/mol. The Bertz CT molecular complexity index is 541. The van der Waals surface area contributed by atoms with Crippen molar-refractivity contribution in [3.63, 3.8) is 0 Å². The van der Waals surface area contributed by atoms with E-state index >= 15 is 0 Å². The van der Waals surface area contributed by atoms with E-state index in [1.807, 2.05) is 11.0 Å². The van der Waals surface area contributed by atoms with Crippen LogP contribution in [-0.2, 0) is 4.79 Å².